The number of thiophene rings is 1. The highest BCUT2D eigenvalue weighted by atomic mass is 32.1. The molecule has 0 radical (unpaired) electrons. The third-order valence-corrected chi connectivity index (χ3v) is 3.75. The number of hydrogen-bond acceptors (Lipinski definition) is 3. The zero-order valence-corrected chi connectivity index (χ0v) is 10.9. The Bertz CT molecular complexity index is 347. The van der Waals surface area contributed by atoms with E-state index in [1.165, 1.54) is 9.75 Å². The van der Waals surface area contributed by atoms with Crippen molar-refractivity contribution in [2.75, 3.05) is 0 Å². The zero-order valence-electron chi connectivity index (χ0n) is 10.1. The lowest BCUT2D eigenvalue weighted by molar-refractivity contribution is -0.123. The maximum atomic E-state index is 11.6. The monoisotopic (exact) mass is 240 g/mol. The molecule has 0 aliphatic heterocycles. The van der Waals surface area contributed by atoms with E-state index >= 15 is 0 Å². The standard InChI is InChI=1S/C12H20N2OS/c1-4-9-5-6-10(16-9)7-14-12(15)11(13)8(2)3/h5-6,8,11H,4,7,13H2,1-3H3,(H,14,15). The highest BCUT2D eigenvalue weighted by Gasteiger charge is 2.16. The molecule has 0 aliphatic rings. The van der Waals surface area contributed by atoms with Gasteiger partial charge in [0.25, 0.3) is 0 Å². The van der Waals surface area contributed by atoms with Crippen molar-refractivity contribution in [1.82, 2.24) is 5.32 Å². The lowest BCUT2D eigenvalue weighted by atomic mass is 10.1. The van der Waals surface area contributed by atoms with Crippen LogP contribution in [0.3, 0.4) is 0 Å². The minimum absolute atomic E-state index is 0.0681. The van der Waals surface area contributed by atoms with Gasteiger partial charge in [-0.25, -0.2) is 0 Å². The van der Waals surface area contributed by atoms with Gasteiger partial charge in [0.15, 0.2) is 0 Å². The van der Waals surface area contributed by atoms with Crippen molar-refractivity contribution in [2.45, 2.75) is 39.8 Å². The van der Waals surface area contributed by atoms with E-state index in [2.05, 4.69) is 24.4 Å². The van der Waals surface area contributed by atoms with Crippen LogP contribution < -0.4 is 11.1 Å². The molecule has 0 bridgehead atoms. The quantitative estimate of drug-likeness (QED) is 0.826. The molecule has 0 spiro atoms. The Morgan fingerprint density at radius 1 is 1.44 bits per heavy atom. The van der Waals surface area contributed by atoms with Crippen LogP contribution in [0, 0.1) is 5.92 Å². The summed E-state index contributed by atoms with van der Waals surface area (Å²) in [7, 11) is 0. The van der Waals surface area contributed by atoms with E-state index in [-0.39, 0.29) is 11.8 Å². The molecule has 4 heteroatoms. The van der Waals surface area contributed by atoms with Crippen LogP contribution in [0.1, 0.15) is 30.5 Å². The molecule has 3 nitrogen and oxygen atoms in total. The summed E-state index contributed by atoms with van der Waals surface area (Å²) in [4.78, 5) is 14.1. The number of carbonyl (C=O) groups is 1. The van der Waals surface area contributed by atoms with E-state index < -0.39 is 6.04 Å². The van der Waals surface area contributed by atoms with E-state index in [0.717, 1.165) is 6.42 Å². The normalized spacial score (nSPS) is 12.8. The van der Waals surface area contributed by atoms with Crippen molar-refractivity contribution in [3.8, 4) is 0 Å². The zero-order chi connectivity index (χ0) is 12.1. The highest BCUT2D eigenvalue weighted by molar-refractivity contribution is 7.11. The van der Waals surface area contributed by atoms with Crippen molar-refractivity contribution >= 4 is 17.2 Å². The second-order valence-electron chi connectivity index (χ2n) is 4.21. The van der Waals surface area contributed by atoms with Crippen LogP contribution in [0.25, 0.3) is 0 Å². The minimum Gasteiger partial charge on any atom is -0.350 e. The molecule has 1 aromatic heterocycles. The number of rotatable bonds is 5. The Morgan fingerprint density at radius 2 is 2.06 bits per heavy atom. The topological polar surface area (TPSA) is 55.1 Å². The van der Waals surface area contributed by atoms with Crippen molar-refractivity contribution in [3.05, 3.63) is 21.9 Å². The second-order valence-corrected chi connectivity index (χ2v) is 5.46. The third-order valence-electron chi connectivity index (χ3n) is 2.52. The molecule has 0 aliphatic carbocycles. The predicted molar refractivity (Wildman–Crippen MR) is 68.4 cm³/mol. The summed E-state index contributed by atoms with van der Waals surface area (Å²) >= 11 is 1.74. The lowest BCUT2D eigenvalue weighted by Gasteiger charge is -2.14. The molecule has 1 atom stereocenters. The first-order valence-electron chi connectivity index (χ1n) is 5.65. The molecule has 90 valence electrons. The van der Waals surface area contributed by atoms with Crippen LogP contribution in [0.4, 0.5) is 0 Å². The van der Waals surface area contributed by atoms with Crippen LogP contribution in [-0.4, -0.2) is 11.9 Å². The van der Waals surface area contributed by atoms with Gasteiger partial charge in [-0.05, 0) is 24.5 Å². The molecule has 0 saturated heterocycles. The van der Waals surface area contributed by atoms with Gasteiger partial charge in [-0.1, -0.05) is 20.8 Å². The van der Waals surface area contributed by atoms with Crippen LogP contribution in [0.5, 0.6) is 0 Å². The molecule has 1 aromatic rings. The van der Waals surface area contributed by atoms with Gasteiger partial charge >= 0.3 is 0 Å². The summed E-state index contributed by atoms with van der Waals surface area (Å²) in [6.07, 6.45) is 1.05. The summed E-state index contributed by atoms with van der Waals surface area (Å²) < 4.78 is 0. The summed E-state index contributed by atoms with van der Waals surface area (Å²) in [5, 5.41) is 2.86. The Labute approximate surface area is 101 Å². The highest BCUT2D eigenvalue weighted by Crippen LogP contribution is 2.16. The number of carbonyl (C=O) groups excluding carboxylic acids is 1. The molecule has 0 fully saturated rings. The fraction of sp³-hybridized carbons (Fsp3) is 0.583. The van der Waals surface area contributed by atoms with Crippen LogP contribution in [-0.2, 0) is 17.8 Å². The van der Waals surface area contributed by atoms with Gasteiger partial charge in [-0.3, -0.25) is 4.79 Å². The average Bonchev–Trinajstić information content (AvgIpc) is 2.72. The fourth-order valence-corrected chi connectivity index (χ4v) is 2.20. The van der Waals surface area contributed by atoms with Crippen molar-refractivity contribution in [1.29, 1.82) is 0 Å². The van der Waals surface area contributed by atoms with Crippen LogP contribution in [0.15, 0.2) is 12.1 Å². The number of aryl methyl sites for hydroxylation is 1. The van der Waals surface area contributed by atoms with Gasteiger partial charge in [0.05, 0.1) is 12.6 Å². The molecular formula is C12H20N2OS. The Morgan fingerprint density at radius 3 is 2.56 bits per heavy atom. The van der Waals surface area contributed by atoms with Gasteiger partial charge in [-0.15, -0.1) is 11.3 Å². The van der Waals surface area contributed by atoms with Crippen LogP contribution in [0.2, 0.25) is 0 Å². The maximum absolute atomic E-state index is 11.6. The Hall–Kier alpha value is -0.870. The smallest absolute Gasteiger partial charge is 0.237 e. The minimum atomic E-state index is -0.411. The lowest BCUT2D eigenvalue weighted by Crippen LogP contribution is -2.43. The fourth-order valence-electron chi connectivity index (χ4n) is 1.30. The third kappa shape index (κ3) is 3.61. The first-order chi connectivity index (χ1) is 7.54. The SMILES string of the molecule is CCc1ccc(CNC(=O)C(N)C(C)C)s1. The molecule has 16 heavy (non-hydrogen) atoms. The van der Waals surface area contributed by atoms with Gasteiger partial charge in [-0.2, -0.15) is 0 Å². The second kappa shape index (κ2) is 6.01. The number of nitrogens with one attached hydrogen (secondary N) is 1. The molecular weight excluding hydrogens is 220 g/mol. The summed E-state index contributed by atoms with van der Waals surface area (Å²) in [6, 6.07) is 3.75. The van der Waals surface area contributed by atoms with Gasteiger partial charge in [0.2, 0.25) is 5.91 Å². The number of hydrogen-bond donors (Lipinski definition) is 2. The van der Waals surface area contributed by atoms with Crippen molar-refractivity contribution < 1.29 is 4.79 Å². The number of amides is 1. The first kappa shape index (κ1) is 13.2. The molecule has 0 saturated carbocycles. The van der Waals surface area contributed by atoms with Crippen molar-refractivity contribution in [3.63, 3.8) is 0 Å². The van der Waals surface area contributed by atoms with Gasteiger partial charge in [0, 0.05) is 9.75 Å². The maximum Gasteiger partial charge on any atom is 0.237 e. The van der Waals surface area contributed by atoms with Gasteiger partial charge < -0.3 is 11.1 Å². The molecule has 1 amide bonds. The summed E-state index contributed by atoms with van der Waals surface area (Å²) in [5.41, 5.74) is 5.75. The van der Waals surface area contributed by atoms with E-state index in [4.69, 9.17) is 5.73 Å². The predicted octanol–water partition coefficient (Wildman–Crippen LogP) is 1.91. The molecule has 0 aromatic carbocycles. The van der Waals surface area contributed by atoms with E-state index in [1.807, 2.05) is 13.8 Å². The van der Waals surface area contributed by atoms with Crippen LogP contribution >= 0.6 is 11.3 Å². The largest absolute Gasteiger partial charge is 0.350 e. The number of nitrogens with two attached hydrogens (primary N) is 1. The molecule has 1 unspecified atom stereocenters. The first-order valence-corrected chi connectivity index (χ1v) is 6.47. The molecule has 1 rings (SSSR count). The van der Waals surface area contributed by atoms with Crippen molar-refractivity contribution in [2.24, 2.45) is 11.7 Å². The summed E-state index contributed by atoms with van der Waals surface area (Å²) in [6.45, 7) is 6.61. The van der Waals surface area contributed by atoms with Gasteiger partial charge in [0.1, 0.15) is 0 Å². The Balaban J connectivity index is 2.42. The summed E-state index contributed by atoms with van der Waals surface area (Å²) in [5.74, 6) is 0.107. The van der Waals surface area contributed by atoms with E-state index in [9.17, 15) is 4.79 Å². The van der Waals surface area contributed by atoms with E-state index in [1.54, 1.807) is 11.3 Å². The molecule has 3 N–H and O–H groups in total. The average molecular weight is 240 g/mol. The van der Waals surface area contributed by atoms with E-state index in [0.29, 0.717) is 6.54 Å². The Kier molecular flexibility index (Phi) is 4.96. The molecule has 1 heterocycles.